The number of piperidine rings is 1. The van der Waals surface area contributed by atoms with Crippen molar-refractivity contribution in [2.75, 3.05) is 19.7 Å². The van der Waals surface area contributed by atoms with Crippen LogP contribution in [0.15, 0.2) is 60.7 Å². The number of ether oxygens (including phenoxy) is 1. The third kappa shape index (κ3) is 5.08. The number of para-hydroxylation sites is 1. The van der Waals surface area contributed by atoms with Crippen molar-refractivity contribution in [3.63, 3.8) is 0 Å². The van der Waals surface area contributed by atoms with E-state index >= 15 is 0 Å². The van der Waals surface area contributed by atoms with E-state index in [9.17, 15) is 5.11 Å². The molecule has 0 bridgehead atoms. The Morgan fingerprint density at radius 1 is 1.00 bits per heavy atom. The number of likely N-dealkylation sites (tertiary alicyclic amines) is 1. The summed E-state index contributed by atoms with van der Waals surface area (Å²) in [5.41, 5.74) is 1.37. The molecule has 2 aromatic carbocycles. The lowest BCUT2D eigenvalue weighted by Gasteiger charge is -2.36. The van der Waals surface area contributed by atoms with Crippen LogP contribution in [0.1, 0.15) is 24.8 Å². The fraction of sp³-hybridized carbons (Fsp3) is 0.429. The van der Waals surface area contributed by atoms with E-state index < -0.39 is 0 Å². The van der Waals surface area contributed by atoms with E-state index in [2.05, 4.69) is 35.2 Å². The number of aliphatic hydroxyl groups excluding tert-OH is 1. The first-order chi connectivity index (χ1) is 11.8. The van der Waals surface area contributed by atoms with Gasteiger partial charge in [-0.3, -0.25) is 4.90 Å². The maximum atomic E-state index is 10.4. The summed E-state index contributed by atoms with van der Waals surface area (Å²) in [5.74, 6) is 1.50. The van der Waals surface area contributed by atoms with Crippen molar-refractivity contribution in [2.45, 2.75) is 31.9 Å². The minimum atomic E-state index is -0.316. The molecule has 0 aliphatic carbocycles. The van der Waals surface area contributed by atoms with Gasteiger partial charge in [0.1, 0.15) is 12.0 Å². The second-order valence-corrected chi connectivity index (χ2v) is 6.61. The standard InChI is InChI=1S/C21H27NO2/c23-21-17-19(16-18-8-3-1-4-9-18)12-14-22(21)13-7-15-24-20-10-5-2-6-11-20/h1-6,8-11,19,21,23H,7,12-17H2. The monoisotopic (exact) mass is 325 g/mol. The van der Waals surface area contributed by atoms with Crippen LogP contribution in [-0.2, 0) is 6.42 Å². The van der Waals surface area contributed by atoms with E-state index in [1.54, 1.807) is 0 Å². The average molecular weight is 325 g/mol. The molecule has 1 saturated heterocycles. The summed E-state index contributed by atoms with van der Waals surface area (Å²) in [7, 11) is 0. The minimum Gasteiger partial charge on any atom is -0.494 e. The van der Waals surface area contributed by atoms with E-state index in [4.69, 9.17) is 4.74 Å². The van der Waals surface area contributed by atoms with Crippen LogP contribution >= 0.6 is 0 Å². The van der Waals surface area contributed by atoms with E-state index in [1.165, 1.54) is 5.56 Å². The quantitative estimate of drug-likeness (QED) is 0.787. The highest BCUT2D eigenvalue weighted by molar-refractivity contribution is 5.20. The molecule has 1 aliphatic heterocycles. The Morgan fingerprint density at radius 3 is 2.42 bits per heavy atom. The van der Waals surface area contributed by atoms with Crippen LogP contribution in [-0.4, -0.2) is 35.9 Å². The Bertz CT molecular complexity index is 585. The Hall–Kier alpha value is -1.84. The third-order valence-corrected chi connectivity index (χ3v) is 4.76. The van der Waals surface area contributed by atoms with Gasteiger partial charge in [0.2, 0.25) is 0 Å². The molecule has 0 radical (unpaired) electrons. The van der Waals surface area contributed by atoms with Gasteiger partial charge in [-0.25, -0.2) is 0 Å². The molecule has 0 spiro atoms. The molecule has 3 nitrogen and oxygen atoms in total. The van der Waals surface area contributed by atoms with Gasteiger partial charge in [0.05, 0.1) is 6.61 Å². The highest BCUT2D eigenvalue weighted by Crippen LogP contribution is 2.25. The normalized spacial score (nSPS) is 21.5. The largest absolute Gasteiger partial charge is 0.494 e. The van der Waals surface area contributed by atoms with Crippen LogP contribution < -0.4 is 4.74 Å². The highest BCUT2D eigenvalue weighted by Gasteiger charge is 2.26. The maximum Gasteiger partial charge on any atom is 0.119 e. The molecule has 24 heavy (non-hydrogen) atoms. The smallest absolute Gasteiger partial charge is 0.119 e. The third-order valence-electron chi connectivity index (χ3n) is 4.76. The molecule has 0 saturated carbocycles. The highest BCUT2D eigenvalue weighted by atomic mass is 16.5. The van der Waals surface area contributed by atoms with Crippen molar-refractivity contribution in [1.29, 1.82) is 0 Å². The average Bonchev–Trinajstić information content (AvgIpc) is 2.62. The molecule has 0 amide bonds. The fourth-order valence-corrected chi connectivity index (χ4v) is 3.43. The van der Waals surface area contributed by atoms with Crippen molar-refractivity contribution in [3.8, 4) is 5.75 Å². The first-order valence-corrected chi connectivity index (χ1v) is 8.95. The number of benzene rings is 2. The van der Waals surface area contributed by atoms with E-state index in [1.807, 2.05) is 30.3 Å². The summed E-state index contributed by atoms with van der Waals surface area (Å²) >= 11 is 0. The minimum absolute atomic E-state index is 0.316. The zero-order valence-electron chi connectivity index (χ0n) is 14.2. The summed E-state index contributed by atoms with van der Waals surface area (Å²) < 4.78 is 5.72. The lowest BCUT2D eigenvalue weighted by atomic mass is 9.89. The number of rotatable bonds is 7. The maximum absolute atomic E-state index is 10.4. The molecule has 1 fully saturated rings. The molecular weight excluding hydrogens is 298 g/mol. The second-order valence-electron chi connectivity index (χ2n) is 6.61. The van der Waals surface area contributed by atoms with Crippen LogP contribution in [0, 0.1) is 5.92 Å². The topological polar surface area (TPSA) is 32.7 Å². The van der Waals surface area contributed by atoms with Gasteiger partial charge in [0.25, 0.3) is 0 Å². The van der Waals surface area contributed by atoms with Gasteiger partial charge in [0, 0.05) is 13.1 Å². The summed E-state index contributed by atoms with van der Waals surface area (Å²) in [5, 5.41) is 10.4. The lowest BCUT2D eigenvalue weighted by molar-refractivity contribution is -0.0437. The first kappa shape index (κ1) is 17.0. The summed E-state index contributed by atoms with van der Waals surface area (Å²) in [6.07, 6.45) is 3.72. The fourth-order valence-electron chi connectivity index (χ4n) is 3.43. The lowest BCUT2D eigenvalue weighted by Crippen LogP contribution is -2.43. The summed E-state index contributed by atoms with van der Waals surface area (Å²) in [6.45, 7) is 2.57. The number of aliphatic hydroxyl groups is 1. The van der Waals surface area contributed by atoms with Crippen LogP contribution in [0.3, 0.4) is 0 Å². The van der Waals surface area contributed by atoms with Gasteiger partial charge >= 0.3 is 0 Å². The van der Waals surface area contributed by atoms with E-state index in [0.717, 1.165) is 44.5 Å². The Balaban J connectivity index is 1.36. The van der Waals surface area contributed by atoms with Crippen molar-refractivity contribution in [1.82, 2.24) is 4.90 Å². The Morgan fingerprint density at radius 2 is 1.71 bits per heavy atom. The molecule has 128 valence electrons. The van der Waals surface area contributed by atoms with Gasteiger partial charge in [-0.15, -0.1) is 0 Å². The molecule has 2 aromatic rings. The molecular formula is C21H27NO2. The van der Waals surface area contributed by atoms with Crippen molar-refractivity contribution >= 4 is 0 Å². The number of nitrogens with zero attached hydrogens (tertiary/aromatic N) is 1. The first-order valence-electron chi connectivity index (χ1n) is 8.95. The van der Waals surface area contributed by atoms with Crippen molar-refractivity contribution in [3.05, 3.63) is 66.2 Å². The van der Waals surface area contributed by atoms with Crippen molar-refractivity contribution in [2.24, 2.45) is 5.92 Å². The molecule has 1 aliphatic rings. The zero-order chi connectivity index (χ0) is 16.6. The molecule has 0 aromatic heterocycles. The molecule has 2 unspecified atom stereocenters. The predicted molar refractivity (Wildman–Crippen MR) is 97.0 cm³/mol. The van der Waals surface area contributed by atoms with Gasteiger partial charge < -0.3 is 9.84 Å². The van der Waals surface area contributed by atoms with Gasteiger partial charge in [-0.2, -0.15) is 0 Å². The van der Waals surface area contributed by atoms with Gasteiger partial charge in [-0.1, -0.05) is 48.5 Å². The molecule has 2 atom stereocenters. The Labute approximate surface area is 144 Å². The van der Waals surface area contributed by atoms with E-state index in [0.29, 0.717) is 12.5 Å². The summed E-state index contributed by atoms with van der Waals surface area (Å²) in [4.78, 5) is 2.19. The predicted octanol–water partition coefficient (Wildman–Crippen LogP) is 3.73. The van der Waals surface area contributed by atoms with Gasteiger partial charge in [-0.05, 0) is 49.3 Å². The van der Waals surface area contributed by atoms with Crippen LogP contribution in [0.25, 0.3) is 0 Å². The number of hydrogen-bond donors (Lipinski definition) is 1. The van der Waals surface area contributed by atoms with Gasteiger partial charge in [0.15, 0.2) is 0 Å². The second kappa shape index (κ2) is 8.86. The number of hydrogen-bond acceptors (Lipinski definition) is 3. The summed E-state index contributed by atoms with van der Waals surface area (Å²) in [6, 6.07) is 20.5. The molecule has 3 rings (SSSR count). The molecule has 3 heteroatoms. The van der Waals surface area contributed by atoms with Crippen LogP contribution in [0.2, 0.25) is 0 Å². The van der Waals surface area contributed by atoms with Crippen molar-refractivity contribution < 1.29 is 9.84 Å². The zero-order valence-corrected chi connectivity index (χ0v) is 14.2. The van der Waals surface area contributed by atoms with Crippen LogP contribution in [0.4, 0.5) is 0 Å². The van der Waals surface area contributed by atoms with E-state index in [-0.39, 0.29) is 6.23 Å². The molecule has 1 N–H and O–H groups in total. The SMILES string of the molecule is OC1CC(Cc2ccccc2)CCN1CCCOc1ccccc1. The van der Waals surface area contributed by atoms with Crippen LogP contribution in [0.5, 0.6) is 5.75 Å². The molecule has 1 heterocycles. The Kier molecular flexibility index (Phi) is 6.27.